The van der Waals surface area contributed by atoms with Crippen LogP contribution in [0, 0.1) is 0 Å². The van der Waals surface area contributed by atoms with Crippen LogP contribution in [-0.4, -0.2) is 73.6 Å². The summed E-state index contributed by atoms with van der Waals surface area (Å²) in [6.45, 7) is 4.90. The molecule has 34 heavy (non-hydrogen) atoms. The van der Waals surface area contributed by atoms with Gasteiger partial charge in [-0.3, -0.25) is 14.1 Å². The third kappa shape index (κ3) is 4.11. The van der Waals surface area contributed by atoms with Gasteiger partial charge in [-0.05, 0) is 31.5 Å². The molecule has 1 fully saturated rings. The molecule has 4 aromatic rings. The number of aromatic nitrogens is 5. The number of β-amino-alcohol motifs (C(OH)–C–C–N with tert-alkyl or cyclic N) is 1. The molecule has 0 amide bonds. The molecule has 4 heterocycles. The van der Waals surface area contributed by atoms with E-state index in [0.717, 1.165) is 24.9 Å². The van der Waals surface area contributed by atoms with E-state index in [4.69, 9.17) is 20.9 Å². The van der Waals surface area contributed by atoms with Gasteiger partial charge >= 0.3 is 0 Å². The average Bonchev–Trinajstić information content (AvgIpc) is 3.47. The molecular weight excluding hydrogens is 460 g/mol. The number of nitrogens with zero attached hydrogens (tertiary/aromatic N) is 6. The van der Waals surface area contributed by atoms with Gasteiger partial charge in [0.15, 0.2) is 0 Å². The van der Waals surface area contributed by atoms with Crippen molar-refractivity contribution >= 4 is 28.2 Å². The van der Waals surface area contributed by atoms with Crippen LogP contribution in [0.25, 0.3) is 28.1 Å². The molecule has 10 nitrogen and oxygen atoms in total. The lowest BCUT2D eigenvalue weighted by Gasteiger charge is -2.30. The van der Waals surface area contributed by atoms with Crippen molar-refractivity contribution < 1.29 is 14.4 Å². The van der Waals surface area contributed by atoms with E-state index in [-0.39, 0.29) is 23.4 Å². The highest BCUT2D eigenvalue weighted by molar-refractivity contribution is 6.35. The van der Waals surface area contributed by atoms with E-state index in [0.29, 0.717) is 53.9 Å². The summed E-state index contributed by atoms with van der Waals surface area (Å²) in [4.78, 5) is 24.9. The van der Waals surface area contributed by atoms with E-state index < -0.39 is 0 Å². The Kier molecular flexibility index (Phi) is 6.39. The van der Waals surface area contributed by atoms with E-state index in [9.17, 15) is 9.90 Å². The number of benzene rings is 1. The number of hydrogen-bond donors (Lipinski definition) is 1. The van der Waals surface area contributed by atoms with Gasteiger partial charge in [0, 0.05) is 26.7 Å². The number of hydrogen-bond acceptors (Lipinski definition) is 8. The third-order valence-electron chi connectivity index (χ3n) is 6.32. The van der Waals surface area contributed by atoms with Gasteiger partial charge in [-0.25, -0.2) is 4.98 Å². The van der Waals surface area contributed by atoms with Crippen molar-refractivity contribution in [3.05, 3.63) is 45.8 Å². The van der Waals surface area contributed by atoms with Crippen molar-refractivity contribution in [1.29, 1.82) is 0 Å². The number of methoxy groups -OCH3 is 1. The van der Waals surface area contributed by atoms with Gasteiger partial charge in [-0.1, -0.05) is 29.7 Å². The van der Waals surface area contributed by atoms with Crippen molar-refractivity contribution in [2.24, 2.45) is 0 Å². The van der Waals surface area contributed by atoms with E-state index in [2.05, 4.69) is 20.0 Å². The summed E-state index contributed by atoms with van der Waals surface area (Å²) in [6.07, 6.45) is 3.00. The predicted octanol–water partition coefficient (Wildman–Crippen LogP) is 2.56. The number of rotatable bonds is 7. The number of halogens is 1. The summed E-state index contributed by atoms with van der Waals surface area (Å²) in [5.74, 6) is 0.590. The molecule has 3 aromatic heterocycles. The normalized spacial score (nSPS) is 18.2. The van der Waals surface area contributed by atoms with Crippen LogP contribution in [0.5, 0.6) is 0 Å². The Morgan fingerprint density at radius 2 is 2.18 bits per heavy atom. The summed E-state index contributed by atoms with van der Waals surface area (Å²) in [5, 5.41) is 14.6. The van der Waals surface area contributed by atoms with Crippen LogP contribution in [0.3, 0.4) is 0 Å². The minimum atomic E-state index is -0.331. The van der Waals surface area contributed by atoms with Gasteiger partial charge in [0.05, 0.1) is 34.7 Å². The van der Waals surface area contributed by atoms with E-state index in [1.54, 1.807) is 28.5 Å². The van der Waals surface area contributed by atoms with Gasteiger partial charge in [-0.2, -0.15) is 4.98 Å². The first-order valence-corrected chi connectivity index (χ1v) is 11.8. The summed E-state index contributed by atoms with van der Waals surface area (Å²) < 4.78 is 14.0. The van der Waals surface area contributed by atoms with Gasteiger partial charge in [0.1, 0.15) is 17.5 Å². The maximum absolute atomic E-state index is 13.8. The fourth-order valence-corrected chi connectivity index (χ4v) is 4.91. The molecule has 1 aromatic carbocycles. The summed E-state index contributed by atoms with van der Waals surface area (Å²) in [7, 11) is 1.61. The fourth-order valence-electron chi connectivity index (χ4n) is 4.64. The smallest absolute Gasteiger partial charge is 0.277 e. The Balaban J connectivity index is 1.61. The Labute approximate surface area is 200 Å². The summed E-state index contributed by atoms with van der Waals surface area (Å²) >= 11 is 6.57. The number of likely N-dealkylation sites (tertiary alicyclic amines) is 1. The molecule has 5 rings (SSSR count). The molecule has 0 aliphatic carbocycles. The van der Waals surface area contributed by atoms with Gasteiger partial charge in [0.2, 0.25) is 11.7 Å². The zero-order valence-electron chi connectivity index (χ0n) is 19.1. The molecule has 180 valence electrons. The molecule has 0 radical (unpaired) electrons. The van der Waals surface area contributed by atoms with Crippen molar-refractivity contribution in [2.45, 2.75) is 38.3 Å². The van der Waals surface area contributed by atoms with E-state index >= 15 is 0 Å². The Hall–Kier alpha value is -2.79. The highest BCUT2D eigenvalue weighted by Crippen LogP contribution is 2.27. The van der Waals surface area contributed by atoms with Crippen LogP contribution in [0.1, 0.15) is 31.6 Å². The molecule has 1 aliphatic heterocycles. The Morgan fingerprint density at radius 3 is 2.97 bits per heavy atom. The topological polar surface area (TPSA) is 111 Å². The van der Waals surface area contributed by atoms with Crippen LogP contribution < -0.4 is 5.56 Å². The zero-order chi connectivity index (χ0) is 23.8. The number of imidazole rings is 1. The molecule has 0 saturated carbocycles. The lowest BCUT2D eigenvalue weighted by Crippen LogP contribution is -2.41. The van der Waals surface area contributed by atoms with Crippen LogP contribution in [0.2, 0.25) is 5.02 Å². The highest BCUT2D eigenvalue weighted by Gasteiger charge is 2.24. The second-order valence-corrected chi connectivity index (χ2v) is 9.19. The molecule has 2 unspecified atom stereocenters. The van der Waals surface area contributed by atoms with Crippen LogP contribution in [-0.2, 0) is 11.3 Å². The van der Waals surface area contributed by atoms with E-state index in [1.807, 2.05) is 19.1 Å². The quantitative estimate of drug-likeness (QED) is 0.424. The van der Waals surface area contributed by atoms with E-state index in [1.165, 1.54) is 0 Å². The number of piperidine rings is 1. The number of aliphatic hydroxyl groups excluding tert-OH is 1. The second kappa shape index (κ2) is 9.46. The first-order valence-electron chi connectivity index (χ1n) is 11.4. The third-order valence-corrected chi connectivity index (χ3v) is 6.63. The number of fused-ring (bicyclic) bond motifs is 3. The standard InChI is InChI=1S/C23H27ClN6O4/c1-14(12-33-2)22-26-21(27-34-22)18-20-23(32)29(10-9-28-8-4-5-15(31)11-28)19-16(24)6-3-7-17(19)30(20)13-25-18/h3,6-7,13-15,31H,4-5,8-12H2,1-2H3. The van der Waals surface area contributed by atoms with Crippen molar-refractivity contribution in [3.63, 3.8) is 0 Å². The van der Waals surface area contributed by atoms with Gasteiger partial charge in [0.25, 0.3) is 5.56 Å². The molecule has 1 N–H and O–H groups in total. The predicted molar refractivity (Wildman–Crippen MR) is 127 cm³/mol. The minimum Gasteiger partial charge on any atom is -0.392 e. The molecule has 2 atom stereocenters. The number of ether oxygens (including phenoxy) is 1. The fraction of sp³-hybridized carbons (Fsp3) is 0.478. The maximum atomic E-state index is 13.8. The average molecular weight is 487 g/mol. The first-order chi connectivity index (χ1) is 16.5. The van der Waals surface area contributed by atoms with Crippen LogP contribution in [0.4, 0.5) is 0 Å². The van der Waals surface area contributed by atoms with Crippen LogP contribution >= 0.6 is 11.6 Å². The Bertz CT molecular complexity index is 1380. The van der Waals surface area contributed by atoms with Crippen molar-refractivity contribution in [2.75, 3.05) is 33.4 Å². The molecular formula is C23H27ClN6O4. The molecule has 0 spiro atoms. The molecule has 1 saturated heterocycles. The monoisotopic (exact) mass is 486 g/mol. The lowest BCUT2D eigenvalue weighted by atomic mass is 10.1. The van der Waals surface area contributed by atoms with Crippen molar-refractivity contribution in [1.82, 2.24) is 29.0 Å². The first kappa shape index (κ1) is 23.0. The Morgan fingerprint density at radius 1 is 1.32 bits per heavy atom. The summed E-state index contributed by atoms with van der Waals surface area (Å²) in [5.41, 5.74) is 1.89. The zero-order valence-corrected chi connectivity index (χ0v) is 19.9. The SMILES string of the molecule is COCC(C)c1nc(-c2ncn3c2c(=O)n(CCN2CCCC(O)C2)c2c(Cl)cccc23)no1. The molecule has 11 heteroatoms. The molecule has 0 bridgehead atoms. The molecule has 1 aliphatic rings. The van der Waals surface area contributed by atoms with Crippen LogP contribution in [0.15, 0.2) is 33.8 Å². The van der Waals surface area contributed by atoms with Gasteiger partial charge in [-0.15, -0.1) is 0 Å². The highest BCUT2D eigenvalue weighted by atomic mass is 35.5. The number of aliphatic hydroxyl groups is 1. The van der Waals surface area contributed by atoms with Gasteiger partial charge < -0.3 is 18.9 Å². The second-order valence-electron chi connectivity index (χ2n) is 8.79. The summed E-state index contributed by atoms with van der Waals surface area (Å²) in [6, 6.07) is 5.53. The largest absolute Gasteiger partial charge is 0.392 e. The minimum absolute atomic E-state index is 0.0867. The van der Waals surface area contributed by atoms with Crippen molar-refractivity contribution in [3.8, 4) is 11.5 Å². The maximum Gasteiger partial charge on any atom is 0.277 e. The lowest BCUT2D eigenvalue weighted by molar-refractivity contribution is 0.0690. The number of para-hydroxylation sites is 1.